The van der Waals surface area contributed by atoms with Gasteiger partial charge in [0.15, 0.2) is 0 Å². The molecular formula is H10Ga2LiO4PTi. The van der Waals surface area contributed by atoms with Crippen LogP contribution in [0.1, 0.15) is 1.43 Å². The third kappa shape index (κ3) is 111. The van der Waals surface area contributed by atoms with Crippen LogP contribution in [-0.2, 0) is 26.3 Å². The number of rotatable bonds is 0. The molecule has 0 unspecified atom stereocenters. The maximum atomic E-state index is 8.88. The van der Waals surface area contributed by atoms with Crippen LogP contribution in [0.15, 0.2) is 0 Å². The van der Waals surface area contributed by atoms with Crippen molar-refractivity contribution in [2.75, 3.05) is 0 Å². The zero-order valence-corrected chi connectivity index (χ0v) is 6.15. The second-order valence-electron chi connectivity index (χ2n) is 0.513. The smallest absolute Gasteiger partial charge is 1.00 e. The summed E-state index contributed by atoms with van der Waals surface area (Å²) in [5, 5.41) is 0. The largest absolute Gasteiger partial charge is 1.00 e. The van der Waals surface area contributed by atoms with Crippen molar-refractivity contribution in [1.82, 2.24) is 0 Å². The molecule has 0 saturated heterocycles. The van der Waals surface area contributed by atoms with Crippen LogP contribution in [0.4, 0.5) is 0 Å². The Hall–Kier alpha value is 2.69. The molecule has 0 aromatic heterocycles. The van der Waals surface area contributed by atoms with Crippen molar-refractivity contribution in [3.8, 4) is 0 Å². The van der Waals surface area contributed by atoms with Crippen LogP contribution < -0.4 is 18.9 Å². The summed E-state index contributed by atoms with van der Waals surface area (Å²) in [6, 6.07) is 0. The maximum Gasteiger partial charge on any atom is 1.00 e. The first-order valence-electron chi connectivity index (χ1n) is 0.783. The molecule has 0 fully saturated rings. The summed E-state index contributed by atoms with van der Waals surface area (Å²) < 4.78 is 8.88. The van der Waals surface area contributed by atoms with Crippen LogP contribution in [0.3, 0.4) is 0 Å². The number of hydrogen-bond acceptors (Lipinski definition) is 1. The van der Waals surface area contributed by atoms with E-state index >= 15 is 0 Å². The van der Waals surface area contributed by atoms with Gasteiger partial charge in [0.25, 0.3) is 0 Å². The number of hydrogen-bond donors (Lipinski definition) is 3. The minimum absolute atomic E-state index is 0. The van der Waals surface area contributed by atoms with Gasteiger partial charge < -0.3 is 16.1 Å². The van der Waals surface area contributed by atoms with Crippen molar-refractivity contribution < 1.29 is 61.3 Å². The summed E-state index contributed by atoms with van der Waals surface area (Å²) in [5.41, 5.74) is 0. The van der Waals surface area contributed by atoms with Crippen molar-refractivity contribution in [2.24, 2.45) is 0 Å². The van der Waals surface area contributed by atoms with Crippen molar-refractivity contribution in [2.45, 2.75) is 0 Å². The summed E-state index contributed by atoms with van der Waals surface area (Å²) in [6.45, 7) is 0. The summed E-state index contributed by atoms with van der Waals surface area (Å²) in [7, 11) is -4.64. The van der Waals surface area contributed by atoms with Gasteiger partial charge >= 0.3 is 66.3 Å². The molecule has 0 atom stereocenters. The fraction of sp³-hybridized carbons (Fsp3) is 0. The molecular weight excluding hydrogens is 289 g/mol. The molecule has 0 amide bonds. The topological polar surface area (TPSA) is 77.8 Å². The molecule has 4 nitrogen and oxygen atoms in total. The Kier molecular flexibility index (Phi) is 44.1. The monoisotopic (exact) mass is 298 g/mol. The Labute approximate surface area is 107 Å². The van der Waals surface area contributed by atoms with E-state index in [0.29, 0.717) is 0 Å². The quantitative estimate of drug-likeness (QED) is 0.307. The summed E-state index contributed by atoms with van der Waals surface area (Å²) in [4.78, 5) is 21.6. The first-order valence-corrected chi connectivity index (χ1v) is 2.35. The van der Waals surface area contributed by atoms with E-state index in [-0.39, 0.29) is 81.6 Å². The average molecular weight is 299 g/mol. The first kappa shape index (κ1) is 29.8. The molecule has 9 heteroatoms. The van der Waals surface area contributed by atoms with Crippen LogP contribution in [-0.4, -0.2) is 54.3 Å². The van der Waals surface area contributed by atoms with E-state index in [0.717, 1.165) is 0 Å². The van der Waals surface area contributed by atoms with Crippen LogP contribution in [0.5, 0.6) is 0 Å². The van der Waals surface area contributed by atoms with Gasteiger partial charge in [0.2, 0.25) is 0 Å². The predicted octanol–water partition coefficient (Wildman–Crippen LogP) is -6.18. The van der Waals surface area contributed by atoms with Crippen molar-refractivity contribution in [1.29, 1.82) is 0 Å². The molecule has 0 saturated carbocycles. The van der Waals surface area contributed by atoms with E-state index < -0.39 is 7.82 Å². The van der Waals surface area contributed by atoms with E-state index in [1.807, 2.05) is 0 Å². The van der Waals surface area contributed by atoms with Gasteiger partial charge in [-0.15, -0.1) is 0 Å². The Balaban J connectivity index is -0.00000000800. The fourth-order valence-electron chi connectivity index (χ4n) is 0. The molecule has 0 rings (SSSR count). The van der Waals surface area contributed by atoms with E-state index in [1.54, 1.807) is 0 Å². The minimum atomic E-state index is -4.64. The molecule has 0 aliphatic rings. The molecule has 50 valence electrons. The standard InChI is InChI=1S/2Ga.Li.H3O4P.Ti.7H/c;;;1-5(2,3)4;;;;;;;;/h;;;(H3,1,2,3,4);;;;;;;;/q;;+1;;;;;;;;;-1. The van der Waals surface area contributed by atoms with Gasteiger partial charge in [-0.05, 0) is 0 Å². The van der Waals surface area contributed by atoms with Crippen LogP contribution in [0.25, 0.3) is 0 Å². The molecule has 0 aromatic carbocycles. The first-order chi connectivity index (χ1) is 2.00. The molecule has 9 heavy (non-hydrogen) atoms. The Morgan fingerprint density at radius 2 is 1.11 bits per heavy atom. The second kappa shape index (κ2) is 13.3. The SMILES string of the molecule is O=P(O)(O)O.[GaH3].[GaH3].[H-].[Li+].[Ti]. The summed E-state index contributed by atoms with van der Waals surface area (Å²) in [5.74, 6) is 0. The predicted molar refractivity (Wildman–Crippen MR) is 35.3 cm³/mol. The normalized spacial score (nSPS) is 6.56. The molecule has 0 aromatic rings. The maximum absolute atomic E-state index is 8.88. The van der Waals surface area contributed by atoms with Gasteiger partial charge in [-0.25, -0.2) is 4.57 Å². The van der Waals surface area contributed by atoms with Crippen LogP contribution in [0.2, 0.25) is 0 Å². The zero-order chi connectivity index (χ0) is 4.50. The second-order valence-corrected chi connectivity index (χ2v) is 1.54. The van der Waals surface area contributed by atoms with Gasteiger partial charge in [-0.2, -0.15) is 0 Å². The van der Waals surface area contributed by atoms with E-state index in [9.17, 15) is 0 Å². The molecule has 0 bridgehead atoms. The van der Waals surface area contributed by atoms with E-state index in [2.05, 4.69) is 0 Å². The Morgan fingerprint density at radius 1 is 1.11 bits per heavy atom. The molecule has 0 aliphatic heterocycles. The molecule has 0 aliphatic carbocycles. The fourth-order valence-corrected chi connectivity index (χ4v) is 0. The zero-order valence-electron chi connectivity index (χ0n) is 4.70. The van der Waals surface area contributed by atoms with Gasteiger partial charge in [-0.1, -0.05) is 0 Å². The van der Waals surface area contributed by atoms with E-state index in [4.69, 9.17) is 19.2 Å². The Morgan fingerprint density at radius 3 is 1.11 bits per heavy atom. The van der Waals surface area contributed by atoms with E-state index in [1.165, 1.54) is 0 Å². The molecule has 0 radical (unpaired) electrons. The Bertz CT molecular complexity index is 69.4. The van der Waals surface area contributed by atoms with Gasteiger partial charge in [0.05, 0.1) is 0 Å². The van der Waals surface area contributed by atoms with Crippen molar-refractivity contribution >= 4 is 47.4 Å². The molecule has 0 heterocycles. The minimum Gasteiger partial charge on any atom is -1.00 e. The van der Waals surface area contributed by atoms with Crippen molar-refractivity contribution in [3.63, 3.8) is 0 Å². The van der Waals surface area contributed by atoms with Crippen molar-refractivity contribution in [3.05, 3.63) is 0 Å². The third-order valence-corrected chi connectivity index (χ3v) is 0. The van der Waals surface area contributed by atoms with Crippen LogP contribution in [0, 0.1) is 0 Å². The molecule has 3 N–H and O–H groups in total. The number of phosphoric acid groups is 1. The summed E-state index contributed by atoms with van der Waals surface area (Å²) >= 11 is 0. The van der Waals surface area contributed by atoms with Gasteiger partial charge in [0, 0.05) is 21.7 Å². The van der Waals surface area contributed by atoms with Crippen LogP contribution >= 0.6 is 7.82 Å². The third-order valence-electron chi connectivity index (χ3n) is 0. The summed E-state index contributed by atoms with van der Waals surface area (Å²) in [6.07, 6.45) is 0. The van der Waals surface area contributed by atoms with Gasteiger partial charge in [-0.3, -0.25) is 0 Å². The average Bonchev–Trinajstić information content (AvgIpc) is 0.722. The molecule has 0 spiro atoms. The van der Waals surface area contributed by atoms with Gasteiger partial charge in [0.1, 0.15) is 0 Å².